The molecule has 19 heavy (non-hydrogen) atoms. The zero-order valence-electron chi connectivity index (χ0n) is 10.7. The summed E-state index contributed by atoms with van der Waals surface area (Å²) in [7, 11) is 3.09. The molecule has 1 rings (SSSR count). The highest BCUT2D eigenvalue weighted by atomic mass is 16.4. The van der Waals surface area contributed by atoms with Crippen LogP contribution >= 0.6 is 0 Å². The van der Waals surface area contributed by atoms with Crippen molar-refractivity contribution in [2.45, 2.75) is 6.42 Å². The van der Waals surface area contributed by atoms with Crippen molar-refractivity contribution in [1.82, 2.24) is 15.2 Å². The molecule has 0 unspecified atom stereocenters. The highest BCUT2D eigenvalue weighted by Crippen LogP contribution is 2.04. The van der Waals surface area contributed by atoms with Gasteiger partial charge in [-0.3, -0.25) is 9.59 Å². The molecule has 0 aromatic carbocycles. The van der Waals surface area contributed by atoms with E-state index in [0.717, 1.165) is 0 Å². The molecule has 7 heteroatoms. The van der Waals surface area contributed by atoms with Crippen LogP contribution in [0.4, 0.5) is 0 Å². The van der Waals surface area contributed by atoms with E-state index in [1.165, 1.54) is 30.3 Å². The van der Waals surface area contributed by atoms with Gasteiger partial charge in [0.1, 0.15) is 5.69 Å². The van der Waals surface area contributed by atoms with Gasteiger partial charge in [0.15, 0.2) is 0 Å². The van der Waals surface area contributed by atoms with Gasteiger partial charge in [-0.15, -0.1) is 0 Å². The summed E-state index contributed by atoms with van der Waals surface area (Å²) in [5.41, 5.74) is 0.161. The summed E-state index contributed by atoms with van der Waals surface area (Å²) >= 11 is 0. The summed E-state index contributed by atoms with van der Waals surface area (Å²) in [5.74, 6) is -1.61. The summed E-state index contributed by atoms with van der Waals surface area (Å²) in [6, 6.07) is 2.66. The predicted octanol–water partition coefficient (Wildman–Crippen LogP) is -0.0121. The lowest BCUT2D eigenvalue weighted by molar-refractivity contribution is -0.120. The normalized spacial score (nSPS) is 9.79. The fourth-order valence-corrected chi connectivity index (χ4v) is 1.36. The summed E-state index contributed by atoms with van der Waals surface area (Å²) in [6.07, 6.45) is 1.42. The molecule has 7 nitrogen and oxygen atoms in total. The Balaban J connectivity index is 2.66. The SMILES string of the molecule is CNC(=O)CCN(C)C(=O)c1ccc(C(=O)O)nc1. The monoisotopic (exact) mass is 265 g/mol. The Morgan fingerprint density at radius 2 is 2.05 bits per heavy atom. The molecule has 0 atom stereocenters. The zero-order chi connectivity index (χ0) is 14.4. The van der Waals surface area contributed by atoms with E-state index in [1.807, 2.05) is 0 Å². The number of carbonyl (C=O) groups is 3. The van der Waals surface area contributed by atoms with Crippen molar-refractivity contribution < 1.29 is 19.5 Å². The van der Waals surface area contributed by atoms with E-state index in [4.69, 9.17) is 5.11 Å². The Labute approximate surface area is 110 Å². The number of nitrogens with zero attached hydrogens (tertiary/aromatic N) is 2. The summed E-state index contributed by atoms with van der Waals surface area (Å²) in [4.78, 5) is 38.7. The minimum Gasteiger partial charge on any atom is -0.477 e. The van der Waals surface area contributed by atoms with E-state index >= 15 is 0 Å². The minimum atomic E-state index is -1.15. The van der Waals surface area contributed by atoms with Crippen molar-refractivity contribution in [3.8, 4) is 0 Å². The standard InChI is InChI=1S/C12H15N3O4/c1-13-10(16)5-6-15(2)11(17)8-3-4-9(12(18)19)14-7-8/h3-4,7H,5-6H2,1-2H3,(H,13,16)(H,18,19). The molecule has 1 heterocycles. The van der Waals surface area contributed by atoms with E-state index in [-0.39, 0.29) is 36.0 Å². The second-order valence-electron chi connectivity index (χ2n) is 3.89. The molecular weight excluding hydrogens is 250 g/mol. The van der Waals surface area contributed by atoms with Crippen LogP contribution in [-0.4, -0.2) is 53.4 Å². The maximum absolute atomic E-state index is 11.9. The summed E-state index contributed by atoms with van der Waals surface area (Å²) < 4.78 is 0. The van der Waals surface area contributed by atoms with Gasteiger partial charge in [-0.05, 0) is 12.1 Å². The topological polar surface area (TPSA) is 99.6 Å². The van der Waals surface area contributed by atoms with E-state index in [2.05, 4.69) is 10.3 Å². The highest BCUT2D eigenvalue weighted by molar-refractivity contribution is 5.95. The van der Waals surface area contributed by atoms with Crippen molar-refractivity contribution in [1.29, 1.82) is 0 Å². The molecule has 0 radical (unpaired) electrons. The van der Waals surface area contributed by atoms with Gasteiger partial charge in [-0.2, -0.15) is 0 Å². The largest absolute Gasteiger partial charge is 0.477 e. The van der Waals surface area contributed by atoms with Crippen molar-refractivity contribution in [2.75, 3.05) is 20.6 Å². The van der Waals surface area contributed by atoms with Gasteiger partial charge in [-0.1, -0.05) is 0 Å². The Morgan fingerprint density at radius 3 is 2.53 bits per heavy atom. The van der Waals surface area contributed by atoms with Crippen molar-refractivity contribution in [2.24, 2.45) is 0 Å². The third kappa shape index (κ3) is 4.06. The number of carboxylic acids is 1. The van der Waals surface area contributed by atoms with Crippen molar-refractivity contribution >= 4 is 17.8 Å². The van der Waals surface area contributed by atoms with Crippen LogP contribution in [0.3, 0.4) is 0 Å². The summed E-state index contributed by atoms with van der Waals surface area (Å²) in [5, 5.41) is 11.2. The molecule has 0 saturated heterocycles. The molecule has 2 N–H and O–H groups in total. The van der Waals surface area contributed by atoms with E-state index in [0.29, 0.717) is 0 Å². The second-order valence-corrected chi connectivity index (χ2v) is 3.89. The fraction of sp³-hybridized carbons (Fsp3) is 0.333. The zero-order valence-corrected chi connectivity index (χ0v) is 10.7. The van der Waals surface area contributed by atoms with Crippen LogP contribution in [0.1, 0.15) is 27.3 Å². The molecule has 0 aliphatic heterocycles. The van der Waals surface area contributed by atoms with Gasteiger partial charge in [0, 0.05) is 33.3 Å². The van der Waals surface area contributed by atoms with E-state index < -0.39 is 5.97 Å². The van der Waals surface area contributed by atoms with Gasteiger partial charge in [0.25, 0.3) is 5.91 Å². The number of hydrogen-bond donors (Lipinski definition) is 2. The average Bonchev–Trinajstić information content (AvgIpc) is 2.43. The first kappa shape index (κ1) is 14.6. The van der Waals surface area contributed by atoms with Crippen LogP contribution in [0.5, 0.6) is 0 Å². The van der Waals surface area contributed by atoms with Crippen LogP contribution in [-0.2, 0) is 4.79 Å². The van der Waals surface area contributed by atoms with Gasteiger partial charge >= 0.3 is 5.97 Å². The molecular formula is C12H15N3O4. The molecule has 1 aromatic heterocycles. The quantitative estimate of drug-likeness (QED) is 0.780. The number of amides is 2. The lowest BCUT2D eigenvalue weighted by Gasteiger charge is -2.16. The smallest absolute Gasteiger partial charge is 0.354 e. The van der Waals surface area contributed by atoms with Crippen molar-refractivity contribution in [3.63, 3.8) is 0 Å². The van der Waals surface area contributed by atoms with Crippen LogP contribution in [0.2, 0.25) is 0 Å². The summed E-state index contributed by atoms with van der Waals surface area (Å²) in [6.45, 7) is 0.277. The van der Waals surface area contributed by atoms with Gasteiger partial charge in [0.2, 0.25) is 5.91 Å². The van der Waals surface area contributed by atoms with Gasteiger partial charge in [-0.25, -0.2) is 9.78 Å². The lowest BCUT2D eigenvalue weighted by Crippen LogP contribution is -2.31. The third-order valence-electron chi connectivity index (χ3n) is 2.53. The highest BCUT2D eigenvalue weighted by Gasteiger charge is 2.14. The molecule has 0 bridgehead atoms. The number of rotatable bonds is 5. The number of carbonyl (C=O) groups excluding carboxylic acids is 2. The molecule has 0 aliphatic carbocycles. The Kier molecular flexibility index (Phi) is 4.99. The molecule has 0 spiro atoms. The molecule has 0 saturated carbocycles. The van der Waals surface area contributed by atoms with Gasteiger partial charge in [0.05, 0.1) is 5.56 Å². The number of hydrogen-bond acceptors (Lipinski definition) is 4. The second kappa shape index (κ2) is 6.48. The first-order valence-electron chi connectivity index (χ1n) is 5.61. The fourth-order valence-electron chi connectivity index (χ4n) is 1.36. The maximum atomic E-state index is 11.9. The van der Waals surface area contributed by atoms with E-state index in [9.17, 15) is 14.4 Å². The molecule has 0 aliphatic rings. The van der Waals surface area contributed by atoms with Crippen LogP contribution in [0.25, 0.3) is 0 Å². The number of pyridine rings is 1. The predicted molar refractivity (Wildman–Crippen MR) is 66.8 cm³/mol. The average molecular weight is 265 g/mol. The molecule has 0 fully saturated rings. The molecule has 102 valence electrons. The lowest BCUT2D eigenvalue weighted by atomic mass is 10.2. The van der Waals surface area contributed by atoms with Crippen molar-refractivity contribution in [3.05, 3.63) is 29.6 Å². The van der Waals surface area contributed by atoms with E-state index in [1.54, 1.807) is 7.05 Å². The Bertz CT molecular complexity index is 484. The molecule has 1 aromatic rings. The number of nitrogens with one attached hydrogen (secondary N) is 1. The minimum absolute atomic E-state index is 0.121. The van der Waals surface area contributed by atoms with Gasteiger partial charge < -0.3 is 15.3 Å². The van der Waals surface area contributed by atoms with Crippen LogP contribution < -0.4 is 5.32 Å². The Hall–Kier alpha value is -2.44. The molecule has 2 amide bonds. The van der Waals surface area contributed by atoms with Crippen LogP contribution in [0.15, 0.2) is 18.3 Å². The maximum Gasteiger partial charge on any atom is 0.354 e. The first-order valence-corrected chi connectivity index (χ1v) is 5.61. The third-order valence-corrected chi connectivity index (χ3v) is 2.53. The van der Waals surface area contributed by atoms with Crippen LogP contribution in [0, 0.1) is 0 Å². The Morgan fingerprint density at radius 1 is 1.37 bits per heavy atom. The number of aromatic carboxylic acids is 1. The first-order chi connectivity index (χ1) is 8.95. The number of aromatic nitrogens is 1. The number of carboxylic acid groups (broad SMARTS) is 1.